The van der Waals surface area contributed by atoms with E-state index in [1.807, 2.05) is 12.2 Å². The molecular formula is C12H20O. The molecule has 0 aromatic heterocycles. The summed E-state index contributed by atoms with van der Waals surface area (Å²) < 4.78 is 5.44. The molecule has 1 aliphatic heterocycles. The van der Waals surface area contributed by atoms with Crippen LogP contribution in [0.3, 0.4) is 0 Å². The Kier molecular flexibility index (Phi) is 3.32. The van der Waals surface area contributed by atoms with Crippen LogP contribution in [0.5, 0.6) is 0 Å². The third-order valence-electron chi connectivity index (χ3n) is 3.17. The van der Waals surface area contributed by atoms with Crippen molar-refractivity contribution >= 4 is 0 Å². The molecule has 1 saturated heterocycles. The highest BCUT2D eigenvalue weighted by Gasteiger charge is 2.46. The van der Waals surface area contributed by atoms with Crippen molar-refractivity contribution in [1.29, 1.82) is 0 Å². The van der Waals surface area contributed by atoms with Gasteiger partial charge in [0.2, 0.25) is 0 Å². The predicted molar refractivity (Wildman–Crippen MR) is 56.6 cm³/mol. The molecule has 1 rings (SSSR count). The van der Waals surface area contributed by atoms with Crippen LogP contribution in [0, 0.1) is 11.3 Å². The SMILES string of the molecule is C=CCC(CC=C)(C(C)C)C1CO1. The summed E-state index contributed by atoms with van der Waals surface area (Å²) in [6, 6.07) is 0. The fourth-order valence-electron chi connectivity index (χ4n) is 2.11. The molecule has 0 amide bonds. The number of hydrogen-bond donors (Lipinski definition) is 0. The van der Waals surface area contributed by atoms with E-state index in [-0.39, 0.29) is 5.41 Å². The van der Waals surface area contributed by atoms with Gasteiger partial charge in [0.15, 0.2) is 0 Å². The summed E-state index contributed by atoms with van der Waals surface area (Å²) in [6.07, 6.45) is 6.50. The molecule has 1 heterocycles. The maximum Gasteiger partial charge on any atom is 0.0874 e. The predicted octanol–water partition coefficient (Wildman–Crippen LogP) is 3.18. The smallest absolute Gasteiger partial charge is 0.0874 e. The highest BCUT2D eigenvalue weighted by molar-refractivity contribution is 5.02. The summed E-state index contributed by atoms with van der Waals surface area (Å²) in [5, 5.41) is 0. The third-order valence-corrected chi connectivity index (χ3v) is 3.17. The van der Waals surface area contributed by atoms with Crippen LogP contribution >= 0.6 is 0 Å². The first kappa shape index (κ1) is 10.5. The van der Waals surface area contributed by atoms with Crippen LogP contribution in [0.2, 0.25) is 0 Å². The minimum Gasteiger partial charge on any atom is -0.372 e. The van der Waals surface area contributed by atoms with Crippen LogP contribution < -0.4 is 0 Å². The van der Waals surface area contributed by atoms with Crippen LogP contribution in [-0.2, 0) is 4.74 Å². The Hall–Kier alpha value is -0.560. The van der Waals surface area contributed by atoms with Crippen molar-refractivity contribution in [3.63, 3.8) is 0 Å². The van der Waals surface area contributed by atoms with Gasteiger partial charge < -0.3 is 4.74 Å². The van der Waals surface area contributed by atoms with E-state index in [0.717, 1.165) is 19.4 Å². The Morgan fingerprint density at radius 1 is 1.38 bits per heavy atom. The average Bonchev–Trinajstić information content (AvgIpc) is 2.85. The molecule has 1 unspecified atom stereocenters. The molecular weight excluding hydrogens is 160 g/mol. The first-order valence-electron chi connectivity index (χ1n) is 5.00. The van der Waals surface area contributed by atoms with Crippen LogP contribution in [0.1, 0.15) is 26.7 Å². The second kappa shape index (κ2) is 4.10. The van der Waals surface area contributed by atoms with Crippen molar-refractivity contribution in [3.8, 4) is 0 Å². The summed E-state index contributed by atoms with van der Waals surface area (Å²) in [6.45, 7) is 13.1. The Bertz CT molecular complexity index is 175. The first-order chi connectivity index (χ1) is 6.17. The highest BCUT2D eigenvalue weighted by Crippen LogP contribution is 2.45. The lowest BCUT2D eigenvalue weighted by molar-refractivity contribution is 0.133. The van der Waals surface area contributed by atoms with Gasteiger partial charge in [-0.3, -0.25) is 0 Å². The van der Waals surface area contributed by atoms with E-state index < -0.39 is 0 Å². The summed E-state index contributed by atoms with van der Waals surface area (Å²) in [5.41, 5.74) is 0.253. The third kappa shape index (κ3) is 2.02. The number of allylic oxidation sites excluding steroid dienone is 2. The number of epoxide rings is 1. The van der Waals surface area contributed by atoms with Gasteiger partial charge in [-0.25, -0.2) is 0 Å². The molecule has 1 atom stereocenters. The fourth-order valence-corrected chi connectivity index (χ4v) is 2.11. The summed E-state index contributed by atoms with van der Waals surface area (Å²) in [5.74, 6) is 0.621. The standard InChI is InChI=1S/C12H20O/c1-5-7-12(8-6-2,10(3)4)11-9-13-11/h5-6,10-11H,1-2,7-9H2,3-4H3. The van der Waals surface area contributed by atoms with Gasteiger partial charge in [0, 0.05) is 5.41 Å². The maximum atomic E-state index is 5.44. The Morgan fingerprint density at radius 2 is 1.85 bits per heavy atom. The molecule has 0 aliphatic carbocycles. The van der Waals surface area contributed by atoms with Crippen LogP contribution in [-0.4, -0.2) is 12.7 Å². The summed E-state index contributed by atoms with van der Waals surface area (Å²) in [4.78, 5) is 0. The summed E-state index contributed by atoms with van der Waals surface area (Å²) in [7, 11) is 0. The lowest BCUT2D eigenvalue weighted by atomic mass is 9.69. The summed E-state index contributed by atoms with van der Waals surface area (Å²) >= 11 is 0. The lowest BCUT2D eigenvalue weighted by Crippen LogP contribution is -2.32. The van der Waals surface area contributed by atoms with Crippen LogP contribution in [0.4, 0.5) is 0 Å². The number of ether oxygens (including phenoxy) is 1. The second-order valence-corrected chi connectivity index (χ2v) is 4.20. The second-order valence-electron chi connectivity index (χ2n) is 4.20. The topological polar surface area (TPSA) is 12.5 Å². The van der Waals surface area contributed by atoms with Gasteiger partial charge in [0.25, 0.3) is 0 Å². The van der Waals surface area contributed by atoms with Gasteiger partial charge in [0.05, 0.1) is 12.7 Å². The van der Waals surface area contributed by atoms with Crippen LogP contribution in [0.15, 0.2) is 25.3 Å². The normalized spacial score (nSPS) is 21.6. The monoisotopic (exact) mass is 180 g/mol. The average molecular weight is 180 g/mol. The van der Waals surface area contributed by atoms with Gasteiger partial charge in [-0.1, -0.05) is 26.0 Å². The Labute approximate surface area is 81.5 Å². The Balaban J connectivity index is 2.77. The van der Waals surface area contributed by atoms with Crippen molar-refractivity contribution < 1.29 is 4.74 Å². The molecule has 0 saturated carbocycles. The van der Waals surface area contributed by atoms with Gasteiger partial charge in [0.1, 0.15) is 0 Å². The molecule has 13 heavy (non-hydrogen) atoms. The zero-order valence-electron chi connectivity index (χ0n) is 8.75. The molecule has 74 valence electrons. The van der Waals surface area contributed by atoms with E-state index >= 15 is 0 Å². The van der Waals surface area contributed by atoms with Gasteiger partial charge >= 0.3 is 0 Å². The molecule has 0 radical (unpaired) electrons. The largest absolute Gasteiger partial charge is 0.372 e. The minimum atomic E-state index is 0.253. The van der Waals surface area contributed by atoms with Crippen molar-refractivity contribution in [3.05, 3.63) is 25.3 Å². The maximum absolute atomic E-state index is 5.44. The van der Waals surface area contributed by atoms with Crippen molar-refractivity contribution in [2.75, 3.05) is 6.61 Å². The van der Waals surface area contributed by atoms with E-state index in [2.05, 4.69) is 27.0 Å². The van der Waals surface area contributed by atoms with E-state index in [1.54, 1.807) is 0 Å². The highest BCUT2D eigenvalue weighted by atomic mass is 16.6. The van der Waals surface area contributed by atoms with Crippen LogP contribution in [0.25, 0.3) is 0 Å². The molecule has 0 aromatic rings. The van der Waals surface area contributed by atoms with Crippen molar-refractivity contribution in [2.45, 2.75) is 32.8 Å². The quantitative estimate of drug-likeness (QED) is 0.452. The van der Waals surface area contributed by atoms with E-state index in [0.29, 0.717) is 12.0 Å². The van der Waals surface area contributed by atoms with E-state index in [9.17, 15) is 0 Å². The van der Waals surface area contributed by atoms with E-state index in [1.165, 1.54) is 0 Å². The zero-order valence-corrected chi connectivity index (χ0v) is 8.75. The molecule has 0 N–H and O–H groups in total. The zero-order chi connectivity index (χ0) is 9.90. The van der Waals surface area contributed by atoms with Crippen molar-refractivity contribution in [1.82, 2.24) is 0 Å². The molecule has 1 fully saturated rings. The molecule has 0 spiro atoms. The number of rotatable bonds is 6. The number of hydrogen-bond acceptors (Lipinski definition) is 1. The molecule has 1 aliphatic rings. The van der Waals surface area contributed by atoms with Gasteiger partial charge in [-0.15, -0.1) is 13.2 Å². The molecule has 0 bridgehead atoms. The fraction of sp³-hybridized carbons (Fsp3) is 0.667. The lowest BCUT2D eigenvalue weighted by Gasteiger charge is -2.34. The molecule has 1 heteroatoms. The first-order valence-corrected chi connectivity index (χ1v) is 5.00. The molecule has 0 aromatic carbocycles. The molecule has 1 nitrogen and oxygen atoms in total. The Morgan fingerprint density at radius 3 is 2.08 bits per heavy atom. The van der Waals surface area contributed by atoms with Gasteiger partial charge in [-0.2, -0.15) is 0 Å². The minimum absolute atomic E-state index is 0.253. The van der Waals surface area contributed by atoms with Gasteiger partial charge in [-0.05, 0) is 18.8 Å². The van der Waals surface area contributed by atoms with E-state index in [4.69, 9.17) is 4.74 Å². The van der Waals surface area contributed by atoms with Crippen molar-refractivity contribution in [2.24, 2.45) is 11.3 Å².